The van der Waals surface area contributed by atoms with Gasteiger partial charge in [-0.25, -0.2) is 0 Å². The maximum absolute atomic E-state index is 15.5. The van der Waals surface area contributed by atoms with Crippen LogP contribution in [0.5, 0.6) is 0 Å². The fourth-order valence-electron chi connectivity index (χ4n) is 4.76. The van der Waals surface area contributed by atoms with Crippen LogP contribution in [0.4, 0.5) is 0 Å². The van der Waals surface area contributed by atoms with Gasteiger partial charge in [-0.2, -0.15) is 0 Å². The summed E-state index contributed by atoms with van der Waals surface area (Å²) in [4.78, 5) is 4.21. The Labute approximate surface area is 212 Å². The van der Waals surface area contributed by atoms with Crippen molar-refractivity contribution in [3.8, 4) is 0 Å². The van der Waals surface area contributed by atoms with Gasteiger partial charge in [-0.3, -0.25) is 4.98 Å². The van der Waals surface area contributed by atoms with Crippen molar-refractivity contribution in [3.05, 3.63) is 151 Å². The molecule has 3 nitrogen and oxygen atoms in total. The zero-order valence-corrected chi connectivity index (χ0v) is 21.6. The van der Waals surface area contributed by atoms with Crippen LogP contribution >= 0.6 is 14.3 Å². The van der Waals surface area contributed by atoms with E-state index in [1.807, 2.05) is 133 Å². The van der Waals surface area contributed by atoms with Gasteiger partial charge >= 0.3 is 0 Å². The number of hydrogen-bond donors (Lipinski definition) is 0. The minimum absolute atomic E-state index is 0.228. The lowest BCUT2D eigenvalue weighted by Gasteiger charge is -2.32. The molecule has 178 valence electrons. The number of rotatable bonds is 8. The standard InChI is InChI=1S/C31H27NO2P2/c33-35(27-13-5-1-6-14-27,28-15-7-2-8-16-28)25-31(26-21-23-32-24-22-26)36(34,29-17-9-3-10-18-29)30-19-11-4-12-20-30/h1-24,31H,25H2. The van der Waals surface area contributed by atoms with Crippen LogP contribution in [0.1, 0.15) is 11.2 Å². The molecule has 0 N–H and O–H groups in total. The topological polar surface area (TPSA) is 47.0 Å². The van der Waals surface area contributed by atoms with Crippen LogP contribution in [0.15, 0.2) is 146 Å². The van der Waals surface area contributed by atoms with Gasteiger partial charge in [-0.15, -0.1) is 0 Å². The molecule has 0 aliphatic rings. The maximum atomic E-state index is 15.5. The Morgan fingerprint density at radius 3 is 1.25 bits per heavy atom. The molecule has 0 fully saturated rings. The molecule has 5 rings (SSSR count). The van der Waals surface area contributed by atoms with E-state index in [2.05, 4.69) is 4.98 Å². The molecule has 1 atom stereocenters. The van der Waals surface area contributed by atoms with Gasteiger partial charge in [0.2, 0.25) is 0 Å². The predicted molar refractivity (Wildman–Crippen MR) is 151 cm³/mol. The predicted octanol–water partition coefficient (Wildman–Crippen LogP) is 6.15. The van der Waals surface area contributed by atoms with Crippen LogP contribution in [-0.4, -0.2) is 11.1 Å². The summed E-state index contributed by atoms with van der Waals surface area (Å²) >= 11 is 0. The SMILES string of the molecule is O=P(CC(c1ccncc1)P(=O)(c1ccccc1)c1ccccc1)(c1ccccc1)c1ccccc1. The molecule has 0 spiro atoms. The number of benzene rings is 4. The van der Waals surface area contributed by atoms with Gasteiger partial charge in [-0.1, -0.05) is 121 Å². The number of hydrogen-bond acceptors (Lipinski definition) is 3. The Hall–Kier alpha value is -3.51. The first-order valence-electron chi connectivity index (χ1n) is 11.9. The first kappa shape index (κ1) is 24.2. The minimum atomic E-state index is -3.29. The second-order valence-corrected chi connectivity index (χ2v) is 14.6. The molecule has 0 saturated carbocycles. The lowest BCUT2D eigenvalue weighted by atomic mass is 10.2. The molecule has 4 aromatic carbocycles. The first-order chi connectivity index (χ1) is 17.6. The second kappa shape index (κ2) is 10.6. The molecule has 5 aromatic rings. The summed E-state index contributed by atoms with van der Waals surface area (Å²) in [5, 5.41) is 3.04. The quantitative estimate of drug-likeness (QED) is 0.237. The Morgan fingerprint density at radius 2 is 0.861 bits per heavy atom. The molecule has 0 radical (unpaired) electrons. The monoisotopic (exact) mass is 507 g/mol. The average molecular weight is 508 g/mol. The zero-order chi connectivity index (χ0) is 24.8. The Morgan fingerprint density at radius 1 is 0.500 bits per heavy atom. The molecular weight excluding hydrogens is 480 g/mol. The Balaban J connectivity index is 1.77. The van der Waals surface area contributed by atoms with E-state index in [0.29, 0.717) is 0 Å². The average Bonchev–Trinajstić information content (AvgIpc) is 2.97. The largest absolute Gasteiger partial charge is 0.314 e. The van der Waals surface area contributed by atoms with E-state index < -0.39 is 19.9 Å². The van der Waals surface area contributed by atoms with Crippen molar-refractivity contribution in [3.63, 3.8) is 0 Å². The highest BCUT2D eigenvalue weighted by Gasteiger charge is 2.43. The lowest BCUT2D eigenvalue weighted by Crippen LogP contribution is -2.27. The Kier molecular flexibility index (Phi) is 7.14. The molecule has 5 heteroatoms. The van der Waals surface area contributed by atoms with Crippen LogP contribution in [0.3, 0.4) is 0 Å². The summed E-state index contributed by atoms with van der Waals surface area (Å²) in [6, 6.07) is 42.3. The first-order valence-corrected chi connectivity index (χ1v) is 15.6. The molecule has 1 heterocycles. The van der Waals surface area contributed by atoms with Crippen molar-refractivity contribution in [1.29, 1.82) is 0 Å². The minimum Gasteiger partial charge on any atom is -0.314 e. The molecule has 1 unspecified atom stereocenters. The number of pyridine rings is 1. The van der Waals surface area contributed by atoms with Gasteiger partial charge in [-0.05, 0) is 17.7 Å². The molecular formula is C31H27NO2P2. The highest BCUT2D eigenvalue weighted by Crippen LogP contribution is 2.62. The van der Waals surface area contributed by atoms with Crippen LogP contribution in [0.25, 0.3) is 0 Å². The molecule has 0 saturated heterocycles. The highest BCUT2D eigenvalue weighted by molar-refractivity contribution is 7.82. The van der Waals surface area contributed by atoms with E-state index in [9.17, 15) is 0 Å². The third kappa shape index (κ3) is 4.65. The molecule has 0 aliphatic heterocycles. The summed E-state index contributed by atoms with van der Waals surface area (Å²) < 4.78 is 30.7. The van der Waals surface area contributed by atoms with Gasteiger partial charge in [0.15, 0.2) is 7.14 Å². The van der Waals surface area contributed by atoms with Crippen LogP contribution < -0.4 is 21.2 Å². The highest BCUT2D eigenvalue weighted by atomic mass is 31.2. The van der Waals surface area contributed by atoms with Crippen LogP contribution in [0, 0.1) is 0 Å². The van der Waals surface area contributed by atoms with Gasteiger partial charge in [0, 0.05) is 39.8 Å². The summed E-state index contributed by atoms with van der Waals surface area (Å²) in [6.07, 6.45) is 3.67. The fraction of sp³-hybridized carbons (Fsp3) is 0.0645. The van der Waals surface area contributed by atoms with Gasteiger partial charge in [0.05, 0.1) is 5.66 Å². The number of aromatic nitrogens is 1. The van der Waals surface area contributed by atoms with Crippen molar-refractivity contribution in [2.45, 2.75) is 5.66 Å². The summed E-state index contributed by atoms with van der Waals surface area (Å²) in [6.45, 7) is 0. The van der Waals surface area contributed by atoms with E-state index in [4.69, 9.17) is 0 Å². The van der Waals surface area contributed by atoms with E-state index >= 15 is 9.13 Å². The van der Waals surface area contributed by atoms with Crippen molar-refractivity contribution < 1.29 is 9.13 Å². The molecule has 0 amide bonds. The van der Waals surface area contributed by atoms with Crippen LogP contribution in [0.2, 0.25) is 0 Å². The smallest absolute Gasteiger partial charge is 0.150 e. The summed E-state index contributed by atoms with van der Waals surface area (Å²) in [7, 11) is -6.47. The van der Waals surface area contributed by atoms with Crippen molar-refractivity contribution in [2.75, 3.05) is 6.16 Å². The normalized spacial score (nSPS) is 12.7. The third-order valence-electron chi connectivity index (χ3n) is 6.59. The number of nitrogens with zero attached hydrogens (tertiary/aromatic N) is 1. The van der Waals surface area contributed by atoms with E-state index in [1.165, 1.54) is 0 Å². The zero-order valence-electron chi connectivity index (χ0n) is 19.8. The van der Waals surface area contributed by atoms with Crippen molar-refractivity contribution >= 4 is 35.5 Å². The summed E-state index contributed by atoms with van der Waals surface area (Å²) in [5.41, 5.74) is 0.352. The van der Waals surface area contributed by atoms with E-state index in [-0.39, 0.29) is 6.16 Å². The molecule has 1 aromatic heterocycles. The fourth-order valence-corrected chi connectivity index (χ4v) is 11.9. The third-order valence-corrected chi connectivity index (χ3v) is 13.5. The molecule has 36 heavy (non-hydrogen) atoms. The molecule has 0 aliphatic carbocycles. The van der Waals surface area contributed by atoms with Gasteiger partial charge < -0.3 is 9.13 Å². The van der Waals surface area contributed by atoms with Crippen molar-refractivity contribution in [2.24, 2.45) is 0 Å². The van der Waals surface area contributed by atoms with Crippen molar-refractivity contribution in [1.82, 2.24) is 4.98 Å². The Bertz CT molecular complexity index is 1410. The molecule has 0 bridgehead atoms. The van der Waals surface area contributed by atoms with E-state index in [1.54, 1.807) is 12.4 Å². The summed E-state index contributed by atoms with van der Waals surface area (Å²) in [5.74, 6) is 0. The van der Waals surface area contributed by atoms with Crippen LogP contribution in [-0.2, 0) is 9.13 Å². The van der Waals surface area contributed by atoms with Gasteiger partial charge in [0.25, 0.3) is 0 Å². The second-order valence-electron chi connectivity index (χ2n) is 8.72. The lowest BCUT2D eigenvalue weighted by molar-refractivity contribution is 0.574. The van der Waals surface area contributed by atoms with Gasteiger partial charge in [0.1, 0.15) is 7.14 Å². The maximum Gasteiger partial charge on any atom is 0.150 e. The van der Waals surface area contributed by atoms with E-state index in [0.717, 1.165) is 26.8 Å².